The molecule has 3 aromatic heterocycles. The summed E-state index contributed by atoms with van der Waals surface area (Å²) in [7, 11) is 0. The van der Waals surface area contributed by atoms with Gasteiger partial charge in [-0.3, -0.25) is 9.78 Å². The molecule has 6 rings (SSSR count). The van der Waals surface area contributed by atoms with Crippen LogP contribution in [0.4, 0.5) is 5.69 Å². The molecule has 4 heterocycles. The molecule has 0 bridgehead atoms. The van der Waals surface area contributed by atoms with Crippen molar-refractivity contribution in [1.82, 2.24) is 34.8 Å². The van der Waals surface area contributed by atoms with E-state index in [0.717, 1.165) is 16.9 Å². The number of pyridine rings is 1. The van der Waals surface area contributed by atoms with E-state index in [1.165, 1.54) is 18.4 Å². The highest BCUT2D eigenvalue weighted by molar-refractivity contribution is 6.04. The van der Waals surface area contributed by atoms with Crippen LogP contribution in [0, 0.1) is 141 Å². The summed E-state index contributed by atoms with van der Waals surface area (Å²) < 4.78 is 9.96. The molecule has 0 spiro atoms. The Kier molecular flexibility index (Phi) is 19.0. The maximum Gasteiger partial charge on any atom is 0.274 e. The molecule has 18 heteroatoms. The molecule has 4 aromatic rings. The zero-order valence-corrected chi connectivity index (χ0v) is 33.7. The average Bonchev–Trinajstić information content (AvgIpc) is 3.86. The number of ether oxygens (including phenoxy) is 1. The SMILES string of the molecule is C#CC#CC#CC#CC#CC#CC#CC#CC#CC#CC#CC.C[C@@H]1COc2c(NC(=O)c3cc(-n4cnc(C5CC5)c4)ccn3)cccc2-c2nncn21.NN=NN=NN[N+](=O)[O-].[HH].[HH].[HH].[HH].[HH].[HH].[HH].[HH]. The van der Waals surface area contributed by atoms with Crippen LogP contribution in [0.1, 0.15) is 66.2 Å². The highest BCUT2D eigenvalue weighted by Crippen LogP contribution is 2.40. The Balaban J connectivity index is -0.000000335. The van der Waals surface area contributed by atoms with Crippen LogP contribution in [0.5, 0.6) is 5.75 Å². The lowest BCUT2D eigenvalue weighted by atomic mass is 10.1. The summed E-state index contributed by atoms with van der Waals surface area (Å²) in [5, 5.41) is 30.5. The summed E-state index contributed by atoms with van der Waals surface area (Å²) in [5.41, 5.74) is 4.96. The van der Waals surface area contributed by atoms with Gasteiger partial charge in [-0.05, 0) is 146 Å². The number of nitrogens with two attached hydrogens (primary N) is 1. The van der Waals surface area contributed by atoms with Crippen LogP contribution in [0.15, 0.2) is 76.3 Å². The van der Waals surface area contributed by atoms with Gasteiger partial charge >= 0.3 is 0 Å². The van der Waals surface area contributed by atoms with Crippen LogP contribution in [0.3, 0.4) is 0 Å². The Hall–Kier alpha value is -10.6. The number of fused-ring (bicyclic) bond motifs is 3. The number of hydrogen-bond acceptors (Lipinski definition) is 10. The molecule has 1 fully saturated rings. The zero-order valence-electron chi connectivity index (χ0n) is 33.7. The lowest BCUT2D eigenvalue weighted by Crippen LogP contribution is -2.16. The first-order chi connectivity index (χ1) is 31.4. The number of carbonyl (C=O) groups excluding carboxylic acids is 1. The monoisotopic (exact) mass is 856 g/mol. The maximum absolute atomic E-state index is 13.1. The van der Waals surface area contributed by atoms with Gasteiger partial charge in [0, 0.05) is 64.2 Å². The number of rotatable bonds is 7. The second-order valence-corrected chi connectivity index (χ2v) is 11.8. The van der Waals surface area contributed by atoms with E-state index in [2.05, 4.69) is 177 Å². The number of para-hydroxylation sites is 1. The molecule has 1 amide bonds. The van der Waals surface area contributed by atoms with E-state index in [9.17, 15) is 14.9 Å². The number of carbonyl (C=O) groups is 1. The molecule has 0 unspecified atom stereocenters. The Morgan fingerprint density at radius 1 is 0.906 bits per heavy atom. The van der Waals surface area contributed by atoms with Crippen molar-refractivity contribution in [2.75, 3.05) is 11.9 Å². The van der Waals surface area contributed by atoms with Gasteiger partial charge in [0.15, 0.2) is 16.8 Å². The molecule has 322 valence electrons. The lowest BCUT2D eigenvalue weighted by Gasteiger charge is -2.14. The third-order valence-corrected chi connectivity index (χ3v) is 7.48. The highest BCUT2D eigenvalue weighted by Gasteiger charge is 2.26. The largest absolute Gasteiger partial charge is 0.488 e. The predicted molar refractivity (Wildman–Crippen MR) is 250 cm³/mol. The van der Waals surface area contributed by atoms with Gasteiger partial charge in [-0.15, -0.1) is 16.6 Å². The quantitative estimate of drug-likeness (QED) is 0.0682. The Labute approximate surface area is 379 Å². The molecule has 4 N–H and O–H groups in total. The predicted octanol–water partition coefficient (Wildman–Crippen LogP) is 5.63. The van der Waals surface area contributed by atoms with E-state index in [0.29, 0.717) is 35.5 Å². The summed E-state index contributed by atoms with van der Waals surface area (Å²) in [5.74, 6) is 57.9. The minimum Gasteiger partial charge on any atom is -0.488 e. The molecular weight excluding hydrogens is 813 g/mol. The van der Waals surface area contributed by atoms with Crippen LogP contribution in [-0.4, -0.2) is 46.8 Å². The molecular formula is C46H44N14O4. The molecule has 1 aliphatic heterocycles. The first-order valence-corrected chi connectivity index (χ1v) is 18.1. The zero-order chi connectivity index (χ0) is 45.6. The Bertz CT molecular complexity index is 3200. The number of imidazole rings is 1. The number of aromatic nitrogens is 6. The first kappa shape index (κ1) is 46.0. The van der Waals surface area contributed by atoms with Crippen molar-refractivity contribution in [3.05, 3.63) is 76.9 Å². The highest BCUT2D eigenvalue weighted by atomic mass is 16.7. The van der Waals surface area contributed by atoms with Crippen molar-refractivity contribution < 1.29 is 26.0 Å². The van der Waals surface area contributed by atoms with Crippen molar-refractivity contribution in [2.45, 2.75) is 38.6 Å². The average molecular weight is 857 g/mol. The molecule has 64 heavy (non-hydrogen) atoms. The number of nitrogens with zero attached hydrogens (tertiary/aromatic N) is 11. The van der Waals surface area contributed by atoms with Gasteiger partial charge in [-0.25, -0.2) is 4.98 Å². The minimum absolute atomic E-state index is 0. The number of hydrazine groups is 1. The van der Waals surface area contributed by atoms with Crippen molar-refractivity contribution in [3.63, 3.8) is 0 Å². The van der Waals surface area contributed by atoms with Crippen molar-refractivity contribution >= 4 is 11.6 Å². The van der Waals surface area contributed by atoms with Gasteiger partial charge in [0.25, 0.3) is 5.91 Å². The fraction of sp³-hybridized carbons (Fsp3) is 0.152. The van der Waals surface area contributed by atoms with E-state index < -0.39 is 5.03 Å². The van der Waals surface area contributed by atoms with Gasteiger partial charge in [-0.2, -0.15) is 0 Å². The second kappa shape index (κ2) is 26.4. The van der Waals surface area contributed by atoms with E-state index in [4.69, 9.17) is 11.2 Å². The van der Waals surface area contributed by atoms with Gasteiger partial charge in [0.2, 0.25) is 0 Å². The number of amides is 1. The molecule has 1 aliphatic carbocycles. The number of terminal acetylenes is 1. The smallest absolute Gasteiger partial charge is 0.274 e. The van der Waals surface area contributed by atoms with Gasteiger partial charge in [0.05, 0.1) is 40.0 Å². The van der Waals surface area contributed by atoms with Gasteiger partial charge < -0.3 is 35.1 Å². The number of nitro groups is 1. The van der Waals surface area contributed by atoms with Crippen molar-refractivity contribution in [3.8, 4) is 154 Å². The van der Waals surface area contributed by atoms with Crippen LogP contribution in [0.2, 0.25) is 0 Å². The minimum atomic E-state index is -0.907. The van der Waals surface area contributed by atoms with Gasteiger partial charge in [0.1, 0.15) is 23.9 Å². The summed E-state index contributed by atoms with van der Waals surface area (Å²) in [6.07, 6.45) is 14.4. The number of benzene rings is 1. The molecule has 0 saturated heterocycles. The summed E-state index contributed by atoms with van der Waals surface area (Å²) in [6, 6.07) is 9.29. The Morgan fingerprint density at radius 3 is 2.11 bits per heavy atom. The molecule has 0 radical (unpaired) electrons. The summed E-state index contributed by atoms with van der Waals surface area (Å²) in [4.78, 5) is 31.2. The number of anilines is 1. The van der Waals surface area contributed by atoms with Crippen LogP contribution >= 0.6 is 0 Å². The topological polar surface area (TPSA) is 230 Å². The van der Waals surface area contributed by atoms with Gasteiger partial charge in [-0.1, -0.05) is 17.2 Å². The molecule has 2 aliphatic rings. The van der Waals surface area contributed by atoms with E-state index in [-0.39, 0.29) is 23.4 Å². The molecule has 18 nitrogen and oxygen atoms in total. The second-order valence-electron chi connectivity index (χ2n) is 11.8. The summed E-state index contributed by atoms with van der Waals surface area (Å²) >= 11 is 0. The molecule has 1 aromatic carbocycles. The third-order valence-electron chi connectivity index (χ3n) is 7.48. The van der Waals surface area contributed by atoms with E-state index in [1.807, 2.05) is 46.5 Å². The lowest BCUT2D eigenvalue weighted by molar-refractivity contribution is -0.546. The standard InChI is InChI=1S/C23H21N7O2.C23H4.H3N7O2.8H2/c1-14-11-32-21-17(22-28-26-13-30(14)22)3-2-4-18(21)27-23(31)19-9-16(7-8-24-19)29-10-20(25-12-29)15-5-6-15;1-3-5-7-9-11-13-15-17-19-21-23-22-20-18-16-14-12-10-8-6-4-2;1-2-3-4-5-6-7(8)9;;;;;;;;/h2-4,7-10,12-15H,5-6,11H2,1H3,(H,27,31);1H,2H3;(H2,1,3,5)(H,2,4,6);8*1H/t14-;;;;;;;;;;/m1........../s1. The first-order valence-electron chi connectivity index (χ1n) is 18.1. The van der Waals surface area contributed by atoms with Crippen LogP contribution < -0.4 is 21.4 Å². The fourth-order valence-electron chi connectivity index (χ4n) is 4.70. The molecule has 1 atom stereocenters. The van der Waals surface area contributed by atoms with Crippen LogP contribution in [0.25, 0.3) is 17.1 Å². The Morgan fingerprint density at radius 2 is 1.53 bits per heavy atom. The normalized spacial score (nSPS) is 11.4. The van der Waals surface area contributed by atoms with Crippen molar-refractivity contribution in [1.29, 1.82) is 0 Å². The summed E-state index contributed by atoms with van der Waals surface area (Å²) in [6.45, 7) is 4.18. The third kappa shape index (κ3) is 15.9. The molecule has 1 saturated carbocycles. The fourth-order valence-corrected chi connectivity index (χ4v) is 4.70. The maximum atomic E-state index is 13.1. The van der Waals surface area contributed by atoms with E-state index >= 15 is 0 Å². The van der Waals surface area contributed by atoms with Crippen LogP contribution in [-0.2, 0) is 0 Å². The number of hydrogen-bond donors (Lipinski definition) is 3. The van der Waals surface area contributed by atoms with Crippen molar-refractivity contribution in [2.24, 2.45) is 26.7 Å². The number of nitrogens with one attached hydrogen (secondary N) is 2. The van der Waals surface area contributed by atoms with E-state index in [1.54, 1.807) is 31.8 Å².